The molecule has 1 aliphatic rings. The van der Waals surface area contributed by atoms with E-state index in [4.69, 9.17) is 5.11 Å². The topological polar surface area (TPSA) is 109 Å². The first-order valence-corrected chi connectivity index (χ1v) is 9.91. The zero-order valence-electron chi connectivity index (χ0n) is 12.3. The lowest BCUT2D eigenvalue weighted by molar-refractivity contribution is -0.142. The van der Waals surface area contributed by atoms with Gasteiger partial charge in [-0.3, -0.25) is 4.79 Å². The van der Waals surface area contributed by atoms with Gasteiger partial charge in [-0.1, -0.05) is 12.1 Å². The minimum atomic E-state index is -5.11. The molecule has 1 heterocycles. The molecular formula is C13H15F2NO6S2. The van der Waals surface area contributed by atoms with E-state index in [0.717, 1.165) is 22.5 Å². The van der Waals surface area contributed by atoms with E-state index in [9.17, 15) is 30.4 Å². The number of carboxylic acid groups (broad SMARTS) is 1. The van der Waals surface area contributed by atoms with Crippen LogP contribution in [-0.4, -0.2) is 51.1 Å². The van der Waals surface area contributed by atoms with Crippen molar-refractivity contribution in [1.29, 1.82) is 0 Å². The van der Waals surface area contributed by atoms with Gasteiger partial charge in [-0.15, -0.1) is 0 Å². The minimum Gasteiger partial charge on any atom is -0.481 e. The predicted octanol–water partition coefficient (Wildman–Crippen LogP) is 1.17. The monoisotopic (exact) mass is 383 g/mol. The van der Waals surface area contributed by atoms with Gasteiger partial charge in [0.05, 0.1) is 10.8 Å². The maximum atomic E-state index is 12.8. The van der Waals surface area contributed by atoms with E-state index in [1.54, 1.807) is 0 Å². The summed E-state index contributed by atoms with van der Waals surface area (Å²) in [7, 11) is -9.53. The van der Waals surface area contributed by atoms with Gasteiger partial charge >= 0.3 is 11.7 Å². The molecular weight excluding hydrogens is 368 g/mol. The van der Waals surface area contributed by atoms with Gasteiger partial charge in [0, 0.05) is 13.1 Å². The molecule has 134 valence electrons. The van der Waals surface area contributed by atoms with Crippen LogP contribution in [0.2, 0.25) is 0 Å². The van der Waals surface area contributed by atoms with Gasteiger partial charge < -0.3 is 5.11 Å². The van der Waals surface area contributed by atoms with Crippen molar-refractivity contribution >= 4 is 25.8 Å². The molecule has 1 aliphatic heterocycles. The van der Waals surface area contributed by atoms with Gasteiger partial charge in [0.1, 0.15) is 4.90 Å². The molecule has 1 fully saturated rings. The van der Waals surface area contributed by atoms with E-state index >= 15 is 0 Å². The molecule has 1 saturated heterocycles. The third-order valence-electron chi connectivity index (χ3n) is 3.74. The van der Waals surface area contributed by atoms with Crippen LogP contribution in [0.25, 0.3) is 0 Å². The average molecular weight is 383 g/mol. The van der Waals surface area contributed by atoms with Gasteiger partial charge in [0.25, 0.3) is 0 Å². The van der Waals surface area contributed by atoms with Crippen molar-refractivity contribution in [2.45, 2.75) is 28.4 Å². The molecule has 1 aromatic carbocycles. The van der Waals surface area contributed by atoms with Crippen LogP contribution in [0.3, 0.4) is 0 Å². The first-order chi connectivity index (χ1) is 11.1. The molecule has 0 bridgehead atoms. The molecule has 0 radical (unpaired) electrons. The predicted molar refractivity (Wildman–Crippen MR) is 78.8 cm³/mol. The van der Waals surface area contributed by atoms with E-state index in [1.165, 1.54) is 6.07 Å². The Bertz CT molecular complexity index is 838. The van der Waals surface area contributed by atoms with Crippen LogP contribution >= 0.6 is 0 Å². The van der Waals surface area contributed by atoms with Gasteiger partial charge in [-0.05, 0) is 25.0 Å². The van der Waals surface area contributed by atoms with Crippen LogP contribution in [0, 0.1) is 5.92 Å². The second-order valence-electron chi connectivity index (χ2n) is 5.29. The third kappa shape index (κ3) is 3.42. The Morgan fingerprint density at radius 1 is 1.17 bits per heavy atom. The molecule has 1 atom stereocenters. The second kappa shape index (κ2) is 6.73. The number of halogens is 2. The molecule has 24 heavy (non-hydrogen) atoms. The number of sulfonamides is 1. The summed E-state index contributed by atoms with van der Waals surface area (Å²) in [6.07, 6.45) is 0.568. The number of sulfone groups is 1. The smallest absolute Gasteiger partial charge is 0.341 e. The highest BCUT2D eigenvalue weighted by Crippen LogP contribution is 2.30. The van der Waals surface area contributed by atoms with Crippen molar-refractivity contribution in [3.05, 3.63) is 24.3 Å². The number of aliphatic carboxylic acids is 1. The fraction of sp³-hybridized carbons (Fsp3) is 0.462. The van der Waals surface area contributed by atoms with E-state index < -0.39 is 47.3 Å². The van der Waals surface area contributed by atoms with E-state index in [0.29, 0.717) is 6.42 Å². The van der Waals surface area contributed by atoms with Crippen LogP contribution in [0.5, 0.6) is 0 Å². The van der Waals surface area contributed by atoms with Crippen molar-refractivity contribution < 1.29 is 35.5 Å². The normalized spacial score (nSPS) is 20.2. The Morgan fingerprint density at radius 2 is 1.75 bits per heavy atom. The number of benzene rings is 1. The molecule has 7 nitrogen and oxygen atoms in total. The maximum Gasteiger partial charge on any atom is 0.341 e. The summed E-state index contributed by atoms with van der Waals surface area (Å²) in [4.78, 5) is 9.31. The Morgan fingerprint density at radius 3 is 2.29 bits per heavy atom. The zero-order valence-corrected chi connectivity index (χ0v) is 13.9. The first kappa shape index (κ1) is 18.7. The summed E-state index contributed by atoms with van der Waals surface area (Å²) in [5, 5.41) is 9.03. The second-order valence-corrected chi connectivity index (χ2v) is 9.09. The molecule has 0 aromatic heterocycles. The first-order valence-electron chi connectivity index (χ1n) is 6.92. The number of piperidine rings is 1. The summed E-state index contributed by atoms with van der Waals surface area (Å²) in [6.45, 7) is -0.337. The van der Waals surface area contributed by atoms with Crippen molar-refractivity contribution in [3.8, 4) is 0 Å². The fourth-order valence-corrected chi connectivity index (χ4v) is 5.57. The van der Waals surface area contributed by atoms with E-state index in [-0.39, 0.29) is 19.5 Å². The molecule has 0 saturated carbocycles. The van der Waals surface area contributed by atoms with Gasteiger partial charge in [0.15, 0.2) is 0 Å². The summed E-state index contributed by atoms with van der Waals surface area (Å²) in [6, 6.07) is 4.09. The summed E-state index contributed by atoms with van der Waals surface area (Å²) < 4.78 is 75.2. The molecule has 2 rings (SSSR count). The molecule has 0 amide bonds. The Balaban J connectivity index is 2.50. The number of hydrogen-bond acceptors (Lipinski definition) is 5. The Labute approximate surface area is 137 Å². The molecule has 1 unspecified atom stereocenters. The maximum absolute atomic E-state index is 12.8. The van der Waals surface area contributed by atoms with Crippen LogP contribution in [0.4, 0.5) is 8.78 Å². The minimum absolute atomic E-state index is 0.00479. The number of carbonyl (C=O) groups is 1. The fourth-order valence-electron chi connectivity index (χ4n) is 2.50. The van der Waals surface area contributed by atoms with Crippen molar-refractivity contribution in [2.75, 3.05) is 13.1 Å². The van der Waals surface area contributed by atoms with Crippen molar-refractivity contribution in [2.24, 2.45) is 5.92 Å². The van der Waals surface area contributed by atoms with Crippen molar-refractivity contribution in [1.82, 2.24) is 4.31 Å². The average Bonchev–Trinajstić information content (AvgIpc) is 2.54. The van der Waals surface area contributed by atoms with Gasteiger partial charge in [-0.2, -0.15) is 13.1 Å². The summed E-state index contributed by atoms with van der Waals surface area (Å²) in [5.41, 5.74) is 0. The molecule has 11 heteroatoms. The summed E-state index contributed by atoms with van der Waals surface area (Å²) >= 11 is 0. The number of alkyl halides is 2. The summed E-state index contributed by atoms with van der Waals surface area (Å²) in [5.74, 6) is -5.85. The number of rotatable bonds is 5. The van der Waals surface area contributed by atoms with Crippen LogP contribution in [0.15, 0.2) is 34.1 Å². The van der Waals surface area contributed by atoms with Crippen LogP contribution < -0.4 is 0 Å². The largest absolute Gasteiger partial charge is 0.481 e. The van der Waals surface area contributed by atoms with Crippen molar-refractivity contribution in [3.63, 3.8) is 0 Å². The standard InChI is InChI=1S/C13H15F2NO6S2/c14-13(15)23(19,20)10-5-1-2-6-11(10)24(21,22)16-7-3-4-9(8-16)12(17)18/h1-2,5-6,9,13H,3-4,7-8H2,(H,17,18). The lowest BCUT2D eigenvalue weighted by atomic mass is 10.0. The molecule has 0 spiro atoms. The Kier molecular flexibility index (Phi) is 5.25. The molecule has 1 N–H and O–H groups in total. The number of carboxylic acids is 1. The molecule has 1 aromatic rings. The molecule has 0 aliphatic carbocycles. The highest BCUT2D eigenvalue weighted by atomic mass is 32.2. The lowest BCUT2D eigenvalue weighted by Crippen LogP contribution is -2.42. The van der Waals surface area contributed by atoms with Crippen LogP contribution in [0.1, 0.15) is 12.8 Å². The zero-order chi connectivity index (χ0) is 18.1. The van der Waals surface area contributed by atoms with Gasteiger partial charge in [0.2, 0.25) is 19.9 Å². The van der Waals surface area contributed by atoms with E-state index in [1.807, 2.05) is 0 Å². The van der Waals surface area contributed by atoms with Crippen LogP contribution in [-0.2, 0) is 24.7 Å². The SMILES string of the molecule is O=C(O)C1CCCN(S(=O)(=O)c2ccccc2S(=O)(=O)C(F)F)C1. The Hall–Kier alpha value is -1.59. The highest BCUT2D eigenvalue weighted by Gasteiger charge is 2.38. The third-order valence-corrected chi connectivity index (χ3v) is 7.23. The number of hydrogen-bond donors (Lipinski definition) is 1. The highest BCUT2D eigenvalue weighted by molar-refractivity contribution is 7.93. The van der Waals surface area contributed by atoms with E-state index in [2.05, 4.69) is 0 Å². The number of nitrogens with zero attached hydrogens (tertiary/aromatic N) is 1. The quantitative estimate of drug-likeness (QED) is 0.818. The lowest BCUT2D eigenvalue weighted by Gasteiger charge is -2.30. The van der Waals surface area contributed by atoms with Gasteiger partial charge in [-0.25, -0.2) is 16.8 Å².